The molecule has 0 atom stereocenters. The van der Waals surface area contributed by atoms with Gasteiger partial charge in [-0.25, -0.2) is 4.90 Å². The van der Waals surface area contributed by atoms with Gasteiger partial charge in [0, 0.05) is 22.7 Å². The van der Waals surface area contributed by atoms with Crippen LogP contribution >= 0.6 is 0 Å². The van der Waals surface area contributed by atoms with Gasteiger partial charge in [0.25, 0.3) is 11.8 Å². The number of nitrogens with one attached hydrogen (secondary N) is 1. The van der Waals surface area contributed by atoms with Gasteiger partial charge in [0.15, 0.2) is 5.43 Å². The molecule has 23 heavy (non-hydrogen) atoms. The second-order valence-corrected chi connectivity index (χ2v) is 5.54. The van der Waals surface area contributed by atoms with Crippen molar-refractivity contribution in [3.05, 3.63) is 75.6 Å². The third-order valence-corrected chi connectivity index (χ3v) is 4.00. The molecule has 1 aliphatic rings. The molecular formula is C18H12N2O3. The van der Waals surface area contributed by atoms with Crippen LogP contribution in [0.25, 0.3) is 10.9 Å². The summed E-state index contributed by atoms with van der Waals surface area (Å²) in [5.41, 5.74) is 2.46. The van der Waals surface area contributed by atoms with Crippen LogP contribution in [0, 0.1) is 6.92 Å². The Kier molecular flexibility index (Phi) is 2.72. The van der Waals surface area contributed by atoms with E-state index in [2.05, 4.69) is 4.98 Å². The van der Waals surface area contributed by atoms with E-state index in [-0.39, 0.29) is 17.2 Å². The van der Waals surface area contributed by atoms with E-state index in [1.807, 2.05) is 0 Å². The van der Waals surface area contributed by atoms with Gasteiger partial charge in [-0.2, -0.15) is 0 Å². The minimum atomic E-state index is -0.367. The number of aryl methyl sites for hydroxylation is 1. The van der Waals surface area contributed by atoms with Crippen LogP contribution in [0.5, 0.6) is 0 Å². The zero-order valence-corrected chi connectivity index (χ0v) is 12.3. The maximum atomic E-state index is 12.5. The molecule has 0 radical (unpaired) electrons. The van der Waals surface area contributed by atoms with E-state index in [4.69, 9.17) is 0 Å². The van der Waals surface area contributed by atoms with Crippen LogP contribution < -0.4 is 10.3 Å². The molecule has 0 aliphatic carbocycles. The Morgan fingerprint density at radius 1 is 0.870 bits per heavy atom. The fourth-order valence-electron chi connectivity index (χ4n) is 2.93. The van der Waals surface area contributed by atoms with Crippen molar-refractivity contribution in [1.29, 1.82) is 0 Å². The van der Waals surface area contributed by atoms with Gasteiger partial charge in [-0.15, -0.1) is 0 Å². The van der Waals surface area contributed by atoms with E-state index in [9.17, 15) is 14.4 Å². The van der Waals surface area contributed by atoms with Crippen LogP contribution in [0.1, 0.15) is 26.4 Å². The van der Waals surface area contributed by atoms with Crippen molar-refractivity contribution in [3.8, 4) is 0 Å². The Bertz CT molecular complexity index is 1010. The largest absolute Gasteiger partial charge is 0.358 e. The van der Waals surface area contributed by atoms with Crippen molar-refractivity contribution in [1.82, 2.24) is 4.98 Å². The van der Waals surface area contributed by atoms with Gasteiger partial charge in [0.05, 0.1) is 16.8 Å². The number of aromatic amines is 1. The molecule has 0 bridgehead atoms. The summed E-state index contributed by atoms with van der Waals surface area (Å²) < 4.78 is 0. The lowest BCUT2D eigenvalue weighted by Gasteiger charge is -2.14. The first kappa shape index (κ1) is 13.5. The molecule has 1 N–H and O–H groups in total. The average Bonchev–Trinajstić information content (AvgIpc) is 2.79. The van der Waals surface area contributed by atoms with E-state index in [0.29, 0.717) is 27.7 Å². The molecule has 0 saturated heterocycles. The summed E-state index contributed by atoms with van der Waals surface area (Å²) in [6.07, 6.45) is 0. The van der Waals surface area contributed by atoms with Crippen molar-refractivity contribution in [2.75, 3.05) is 4.90 Å². The molecule has 3 aromatic rings. The fraction of sp³-hybridized carbons (Fsp3) is 0.0556. The number of anilines is 1. The standard InChI is InChI=1S/C18H12N2O3/c1-10-8-16(21)14-9-11(6-7-15(14)19-10)20-17(22)12-4-2-3-5-13(12)18(20)23/h2-9H,1H3,(H,19,21). The van der Waals surface area contributed by atoms with Gasteiger partial charge < -0.3 is 4.98 Å². The molecule has 112 valence electrons. The number of carbonyl (C=O) groups is 2. The van der Waals surface area contributed by atoms with Crippen molar-refractivity contribution in [3.63, 3.8) is 0 Å². The highest BCUT2D eigenvalue weighted by molar-refractivity contribution is 6.34. The molecule has 5 nitrogen and oxygen atoms in total. The van der Waals surface area contributed by atoms with Crippen LogP contribution in [-0.4, -0.2) is 16.8 Å². The zero-order valence-electron chi connectivity index (χ0n) is 12.3. The van der Waals surface area contributed by atoms with E-state index in [1.165, 1.54) is 6.07 Å². The predicted molar refractivity (Wildman–Crippen MR) is 86.9 cm³/mol. The quantitative estimate of drug-likeness (QED) is 0.703. The van der Waals surface area contributed by atoms with E-state index >= 15 is 0 Å². The normalized spacial score (nSPS) is 13.7. The highest BCUT2D eigenvalue weighted by Gasteiger charge is 2.36. The maximum absolute atomic E-state index is 12.5. The maximum Gasteiger partial charge on any atom is 0.266 e. The number of benzene rings is 2. The number of hydrogen-bond acceptors (Lipinski definition) is 3. The summed E-state index contributed by atoms with van der Waals surface area (Å²) in [6, 6.07) is 13.2. The molecule has 4 rings (SSSR count). The molecule has 5 heteroatoms. The van der Waals surface area contributed by atoms with Crippen LogP contribution in [0.3, 0.4) is 0 Å². The average molecular weight is 304 g/mol. The third kappa shape index (κ3) is 1.90. The second-order valence-electron chi connectivity index (χ2n) is 5.54. The fourth-order valence-corrected chi connectivity index (χ4v) is 2.93. The number of pyridine rings is 1. The highest BCUT2D eigenvalue weighted by Crippen LogP contribution is 2.29. The van der Waals surface area contributed by atoms with Gasteiger partial charge >= 0.3 is 0 Å². The molecule has 2 heterocycles. The minimum absolute atomic E-state index is 0.144. The second kappa shape index (κ2) is 4.64. The minimum Gasteiger partial charge on any atom is -0.358 e. The van der Waals surface area contributed by atoms with Gasteiger partial charge in [0.2, 0.25) is 0 Å². The Hall–Kier alpha value is -3.21. The predicted octanol–water partition coefficient (Wildman–Crippen LogP) is 2.64. The first-order valence-electron chi connectivity index (χ1n) is 7.18. The van der Waals surface area contributed by atoms with Crippen molar-refractivity contribution < 1.29 is 9.59 Å². The number of fused-ring (bicyclic) bond motifs is 2. The molecule has 1 aliphatic heterocycles. The summed E-state index contributed by atoms with van der Waals surface area (Å²) in [7, 11) is 0. The summed E-state index contributed by atoms with van der Waals surface area (Å²) in [4.78, 5) is 41.4. The van der Waals surface area contributed by atoms with Gasteiger partial charge in [-0.3, -0.25) is 14.4 Å². The Labute approximate surface area is 131 Å². The van der Waals surface area contributed by atoms with Crippen LogP contribution in [0.4, 0.5) is 5.69 Å². The Morgan fingerprint density at radius 3 is 2.17 bits per heavy atom. The first-order chi connectivity index (χ1) is 11.1. The lowest BCUT2D eigenvalue weighted by atomic mass is 10.1. The molecule has 2 aromatic carbocycles. The monoisotopic (exact) mass is 304 g/mol. The van der Waals surface area contributed by atoms with Crippen LogP contribution in [0.2, 0.25) is 0 Å². The zero-order chi connectivity index (χ0) is 16.1. The number of imide groups is 1. The van der Waals surface area contributed by atoms with Gasteiger partial charge in [-0.1, -0.05) is 12.1 Å². The number of aromatic nitrogens is 1. The third-order valence-electron chi connectivity index (χ3n) is 4.00. The van der Waals surface area contributed by atoms with Crippen molar-refractivity contribution >= 4 is 28.4 Å². The number of carbonyl (C=O) groups excluding carboxylic acids is 2. The number of hydrogen-bond donors (Lipinski definition) is 1. The van der Waals surface area contributed by atoms with Gasteiger partial charge in [0.1, 0.15) is 0 Å². The molecular weight excluding hydrogens is 292 g/mol. The van der Waals surface area contributed by atoms with E-state index in [0.717, 1.165) is 10.6 Å². The van der Waals surface area contributed by atoms with Gasteiger partial charge in [-0.05, 0) is 37.3 Å². The highest BCUT2D eigenvalue weighted by atomic mass is 16.2. The lowest BCUT2D eigenvalue weighted by Crippen LogP contribution is -2.29. The van der Waals surface area contributed by atoms with Crippen LogP contribution in [0.15, 0.2) is 53.3 Å². The van der Waals surface area contributed by atoms with E-state index in [1.54, 1.807) is 49.4 Å². The smallest absolute Gasteiger partial charge is 0.266 e. The number of H-pyrrole nitrogens is 1. The first-order valence-corrected chi connectivity index (χ1v) is 7.18. The number of amides is 2. The SMILES string of the molecule is Cc1cc(=O)c2cc(N3C(=O)c4ccccc4C3=O)ccc2[nH]1. The Morgan fingerprint density at radius 2 is 1.52 bits per heavy atom. The molecule has 2 amide bonds. The molecule has 0 unspecified atom stereocenters. The topological polar surface area (TPSA) is 70.2 Å². The lowest BCUT2D eigenvalue weighted by molar-refractivity contribution is 0.0926. The Balaban J connectivity index is 1.89. The van der Waals surface area contributed by atoms with Crippen LogP contribution in [-0.2, 0) is 0 Å². The summed E-state index contributed by atoms with van der Waals surface area (Å²) in [6.45, 7) is 1.80. The van der Waals surface area contributed by atoms with E-state index < -0.39 is 0 Å². The number of rotatable bonds is 1. The molecule has 0 spiro atoms. The molecule has 0 saturated carbocycles. The summed E-state index contributed by atoms with van der Waals surface area (Å²) >= 11 is 0. The van der Waals surface area contributed by atoms with Crippen molar-refractivity contribution in [2.24, 2.45) is 0 Å². The number of nitrogens with zero attached hydrogens (tertiary/aromatic N) is 1. The van der Waals surface area contributed by atoms with Crippen molar-refractivity contribution in [2.45, 2.75) is 6.92 Å². The molecule has 0 fully saturated rings. The summed E-state index contributed by atoms with van der Waals surface area (Å²) in [5.74, 6) is -0.734. The molecule has 1 aromatic heterocycles. The summed E-state index contributed by atoms with van der Waals surface area (Å²) in [5, 5.41) is 0.449.